The van der Waals surface area contributed by atoms with Crippen LogP contribution in [-0.4, -0.2) is 45.3 Å². The molecule has 1 amide bonds. The van der Waals surface area contributed by atoms with Gasteiger partial charge in [0.25, 0.3) is 0 Å². The highest BCUT2D eigenvalue weighted by molar-refractivity contribution is 5.84. The first-order valence-corrected chi connectivity index (χ1v) is 7.74. The van der Waals surface area contributed by atoms with Crippen molar-refractivity contribution in [1.29, 1.82) is 0 Å². The molecule has 0 radical (unpaired) electrons. The van der Waals surface area contributed by atoms with Crippen LogP contribution in [-0.2, 0) is 11.2 Å². The molecule has 3 rings (SSSR count). The van der Waals surface area contributed by atoms with Gasteiger partial charge < -0.3 is 10.0 Å². The Balaban J connectivity index is 1.73. The summed E-state index contributed by atoms with van der Waals surface area (Å²) in [5, 5.41) is 16.1. The lowest BCUT2D eigenvalue weighted by atomic mass is 9.86. The highest BCUT2D eigenvalue weighted by atomic mass is 16.3. The topological polar surface area (TPSA) is 69.2 Å². The second-order valence-electron chi connectivity index (χ2n) is 5.94. The molecule has 0 spiro atoms. The quantitative estimate of drug-likeness (QED) is 0.878. The number of aryl methyl sites for hydroxylation is 1. The van der Waals surface area contributed by atoms with Gasteiger partial charge in [-0.1, -0.05) is 0 Å². The average Bonchev–Trinajstić information content (AvgIpc) is 3.12. The molecule has 2 N–H and O–H groups in total. The molecule has 1 aliphatic heterocycles. The van der Waals surface area contributed by atoms with E-state index in [-0.39, 0.29) is 18.4 Å². The highest BCUT2D eigenvalue weighted by Crippen LogP contribution is 2.34. The van der Waals surface area contributed by atoms with E-state index in [9.17, 15) is 4.79 Å². The first-order valence-electron chi connectivity index (χ1n) is 7.74. The van der Waals surface area contributed by atoms with Crippen molar-refractivity contribution in [2.45, 2.75) is 56.9 Å². The number of fused-ring (bicyclic) bond motifs is 1. The van der Waals surface area contributed by atoms with Gasteiger partial charge in [0.2, 0.25) is 5.91 Å². The van der Waals surface area contributed by atoms with Crippen molar-refractivity contribution in [3.05, 3.63) is 17.5 Å². The smallest absolute Gasteiger partial charge is 0.230 e. The predicted molar refractivity (Wildman–Crippen MR) is 75.3 cm³/mol. The van der Waals surface area contributed by atoms with Crippen LogP contribution in [0, 0.1) is 0 Å². The molecule has 2 heterocycles. The summed E-state index contributed by atoms with van der Waals surface area (Å²) in [6, 6.07) is 0.326. The zero-order valence-electron chi connectivity index (χ0n) is 11.8. The number of carbonyl (C=O) groups is 1. The maximum Gasteiger partial charge on any atom is 0.230 e. The summed E-state index contributed by atoms with van der Waals surface area (Å²) >= 11 is 0. The number of rotatable bonds is 4. The maximum atomic E-state index is 12.9. The minimum absolute atomic E-state index is 0.00720. The van der Waals surface area contributed by atoms with Gasteiger partial charge in [-0.2, -0.15) is 5.10 Å². The lowest BCUT2D eigenvalue weighted by Crippen LogP contribution is -2.39. The third-order valence-electron chi connectivity index (χ3n) is 4.70. The molecule has 0 bridgehead atoms. The highest BCUT2D eigenvalue weighted by Gasteiger charge is 2.35. The number of nitrogens with zero attached hydrogens (tertiary/aromatic N) is 2. The number of aromatic nitrogens is 2. The van der Waals surface area contributed by atoms with Gasteiger partial charge in [0, 0.05) is 30.5 Å². The average molecular weight is 277 g/mol. The number of hydrogen-bond donors (Lipinski definition) is 2. The summed E-state index contributed by atoms with van der Waals surface area (Å²) in [6.07, 6.45) is 8.71. The van der Waals surface area contributed by atoms with E-state index in [0.29, 0.717) is 6.04 Å². The number of likely N-dealkylation sites (tertiary alicyclic amines) is 1. The van der Waals surface area contributed by atoms with Crippen LogP contribution in [0.5, 0.6) is 0 Å². The standard InChI is InChI=1S/C15H23N3O2/c19-9-3-5-11-4-2-8-18(11)15(20)12-6-1-7-14-13(12)10-16-17-14/h10-12,19H,1-9H2,(H,16,17). The van der Waals surface area contributed by atoms with Crippen molar-refractivity contribution in [3.63, 3.8) is 0 Å². The minimum Gasteiger partial charge on any atom is -0.396 e. The van der Waals surface area contributed by atoms with Crippen molar-refractivity contribution in [3.8, 4) is 0 Å². The summed E-state index contributed by atoms with van der Waals surface area (Å²) in [6.45, 7) is 1.09. The Bertz CT molecular complexity index is 471. The Morgan fingerprint density at radius 1 is 1.45 bits per heavy atom. The Labute approximate surface area is 119 Å². The van der Waals surface area contributed by atoms with E-state index in [1.54, 1.807) is 0 Å². The third kappa shape index (κ3) is 2.46. The van der Waals surface area contributed by atoms with E-state index >= 15 is 0 Å². The van der Waals surface area contributed by atoms with Crippen LogP contribution >= 0.6 is 0 Å². The van der Waals surface area contributed by atoms with E-state index in [2.05, 4.69) is 15.1 Å². The van der Waals surface area contributed by atoms with E-state index < -0.39 is 0 Å². The van der Waals surface area contributed by atoms with Crippen LogP contribution in [0.3, 0.4) is 0 Å². The number of nitrogens with one attached hydrogen (secondary N) is 1. The van der Waals surface area contributed by atoms with Gasteiger partial charge in [-0.15, -0.1) is 0 Å². The van der Waals surface area contributed by atoms with Crippen molar-refractivity contribution in [1.82, 2.24) is 15.1 Å². The molecule has 0 aromatic carbocycles. The lowest BCUT2D eigenvalue weighted by Gasteiger charge is -2.30. The Hall–Kier alpha value is -1.36. The monoisotopic (exact) mass is 277 g/mol. The molecule has 1 saturated heterocycles. The normalized spacial score (nSPS) is 25.8. The molecule has 1 aliphatic carbocycles. The zero-order valence-corrected chi connectivity index (χ0v) is 11.8. The lowest BCUT2D eigenvalue weighted by molar-refractivity contribution is -0.134. The number of amides is 1. The summed E-state index contributed by atoms with van der Waals surface area (Å²) in [4.78, 5) is 14.9. The molecule has 2 unspecified atom stereocenters. The third-order valence-corrected chi connectivity index (χ3v) is 4.70. The fourth-order valence-corrected chi connectivity index (χ4v) is 3.67. The largest absolute Gasteiger partial charge is 0.396 e. The van der Waals surface area contributed by atoms with Crippen LogP contribution in [0.4, 0.5) is 0 Å². The van der Waals surface area contributed by atoms with Crippen LogP contribution in [0.2, 0.25) is 0 Å². The van der Waals surface area contributed by atoms with Crippen molar-refractivity contribution in [2.24, 2.45) is 0 Å². The zero-order chi connectivity index (χ0) is 13.9. The molecule has 0 saturated carbocycles. The van der Waals surface area contributed by atoms with Crippen LogP contribution < -0.4 is 0 Å². The van der Waals surface area contributed by atoms with Gasteiger partial charge in [0.15, 0.2) is 0 Å². The predicted octanol–water partition coefficient (Wildman–Crippen LogP) is 1.59. The van der Waals surface area contributed by atoms with Crippen molar-refractivity contribution >= 4 is 5.91 Å². The minimum atomic E-state index is -0.00720. The van der Waals surface area contributed by atoms with Crippen molar-refractivity contribution < 1.29 is 9.90 Å². The summed E-state index contributed by atoms with van der Waals surface area (Å²) < 4.78 is 0. The SMILES string of the molecule is O=C(C1CCCc2[nH]ncc21)N1CCCC1CCCO. The van der Waals surface area contributed by atoms with E-state index in [1.807, 2.05) is 6.20 Å². The number of aliphatic hydroxyl groups excluding tert-OH is 1. The summed E-state index contributed by atoms with van der Waals surface area (Å²) in [5.41, 5.74) is 2.25. The number of aliphatic hydroxyl groups is 1. The number of H-pyrrole nitrogens is 1. The second-order valence-corrected chi connectivity index (χ2v) is 5.94. The Morgan fingerprint density at radius 3 is 3.20 bits per heavy atom. The summed E-state index contributed by atoms with van der Waals surface area (Å²) in [5.74, 6) is 0.264. The molecule has 5 heteroatoms. The first kappa shape index (κ1) is 13.6. The van der Waals surface area contributed by atoms with E-state index in [0.717, 1.165) is 62.7 Å². The molecule has 5 nitrogen and oxygen atoms in total. The molecule has 20 heavy (non-hydrogen) atoms. The summed E-state index contributed by atoms with van der Waals surface area (Å²) in [7, 11) is 0. The fraction of sp³-hybridized carbons (Fsp3) is 0.733. The van der Waals surface area contributed by atoms with Gasteiger partial charge in [0.05, 0.1) is 12.1 Å². The second kappa shape index (κ2) is 5.95. The maximum absolute atomic E-state index is 12.9. The van der Waals surface area contributed by atoms with Gasteiger partial charge >= 0.3 is 0 Å². The molecule has 2 atom stereocenters. The van der Waals surface area contributed by atoms with Crippen LogP contribution in [0.1, 0.15) is 55.7 Å². The van der Waals surface area contributed by atoms with Gasteiger partial charge in [-0.25, -0.2) is 0 Å². The van der Waals surface area contributed by atoms with Crippen LogP contribution in [0.25, 0.3) is 0 Å². The molecular formula is C15H23N3O2. The molecular weight excluding hydrogens is 254 g/mol. The number of aromatic amines is 1. The molecule has 1 aromatic heterocycles. The number of carbonyl (C=O) groups excluding carboxylic acids is 1. The van der Waals surface area contributed by atoms with Gasteiger partial charge in [-0.05, 0) is 44.9 Å². The van der Waals surface area contributed by atoms with Gasteiger partial charge in [0.1, 0.15) is 0 Å². The first-order chi connectivity index (χ1) is 9.81. The van der Waals surface area contributed by atoms with E-state index in [1.165, 1.54) is 0 Å². The fourth-order valence-electron chi connectivity index (χ4n) is 3.67. The Kier molecular flexibility index (Phi) is 4.05. The molecule has 2 aliphatic rings. The Morgan fingerprint density at radius 2 is 2.35 bits per heavy atom. The molecule has 1 fully saturated rings. The van der Waals surface area contributed by atoms with E-state index in [4.69, 9.17) is 5.11 Å². The number of hydrogen-bond acceptors (Lipinski definition) is 3. The molecule has 110 valence electrons. The van der Waals surface area contributed by atoms with Crippen LogP contribution in [0.15, 0.2) is 6.20 Å². The van der Waals surface area contributed by atoms with Crippen molar-refractivity contribution in [2.75, 3.05) is 13.2 Å². The molecule has 1 aromatic rings. The van der Waals surface area contributed by atoms with Gasteiger partial charge in [-0.3, -0.25) is 9.89 Å².